The second-order valence-corrected chi connectivity index (χ2v) is 9.22. The van der Waals surface area contributed by atoms with Crippen LogP contribution in [0.3, 0.4) is 0 Å². The summed E-state index contributed by atoms with van der Waals surface area (Å²) in [6, 6.07) is 5.86. The molecule has 0 saturated carbocycles. The molecular formula is C21H22N6OS2. The fourth-order valence-electron chi connectivity index (χ4n) is 3.75. The highest BCUT2D eigenvalue weighted by Crippen LogP contribution is 2.31. The average molecular weight is 439 g/mol. The van der Waals surface area contributed by atoms with Gasteiger partial charge in [-0.05, 0) is 31.0 Å². The number of thiazole rings is 1. The number of fused-ring (bicyclic) bond motifs is 2. The van der Waals surface area contributed by atoms with Crippen LogP contribution in [0.2, 0.25) is 0 Å². The van der Waals surface area contributed by atoms with Crippen LogP contribution >= 0.6 is 22.7 Å². The maximum Gasteiger partial charge on any atom is 0.258 e. The van der Waals surface area contributed by atoms with Crippen LogP contribution in [0.25, 0.3) is 21.6 Å². The molecule has 1 aliphatic rings. The zero-order valence-electron chi connectivity index (χ0n) is 16.9. The van der Waals surface area contributed by atoms with Gasteiger partial charge in [0.25, 0.3) is 5.91 Å². The Balaban J connectivity index is 1.50. The Labute approximate surface area is 182 Å². The summed E-state index contributed by atoms with van der Waals surface area (Å²) in [6.45, 7) is 7.84. The van der Waals surface area contributed by atoms with Gasteiger partial charge in [-0.15, -0.1) is 22.7 Å². The number of anilines is 1. The topological polar surface area (TPSA) is 75.9 Å². The third kappa shape index (κ3) is 3.42. The molecule has 30 heavy (non-hydrogen) atoms. The highest BCUT2D eigenvalue weighted by Gasteiger charge is 2.22. The van der Waals surface area contributed by atoms with Crippen molar-refractivity contribution in [2.75, 3.05) is 18.4 Å². The van der Waals surface area contributed by atoms with Crippen LogP contribution in [0.4, 0.5) is 5.13 Å². The number of likely N-dealkylation sites (N-methyl/N-ethyl adjacent to an activating group) is 1. The van der Waals surface area contributed by atoms with Gasteiger partial charge < -0.3 is 0 Å². The molecule has 0 bridgehead atoms. The number of rotatable bonds is 5. The molecule has 5 heterocycles. The van der Waals surface area contributed by atoms with Crippen molar-refractivity contribution in [2.45, 2.75) is 33.4 Å². The van der Waals surface area contributed by atoms with Gasteiger partial charge in [-0.25, -0.2) is 14.6 Å². The van der Waals surface area contributed by atoms with Gasteiger partial charge in [0.2, 0.25) is 0 Å². The number of amides is 1. The second-order valence-electron chi connectivity index (χ2n) is 7.19. The van der Waals surface area contributed by atoms with Gasteiger partial charge in [0.15, 0.2) is 10.8 Å². The van der Waals surface area contributed by atoms with Crippen molar-refractivity contribution in [1.29, 1.82) is 0 Å². The van der Waals surface area contributed by atoms with E-state index in [4.69, 9.17) is 4.98 Å². The number of carbonyl (C=O) groups excluding carboxylic acids is 1. The molecule has 0 aromatic carbocycles. The second kappa shape index (κ2) is 7.90. The van der Waals surface area contributed by atoms with Crippen molar-refractivity contribution in [2.24, 2.45) is 0 Å². The SMILES string of the molecule is CCN1CCc2nc(NC(=O)c3cc(-c4cccs4)nc4c3cnn4CC)sc2C1. The quantitative estimate of drug-likeness (QED) is 0.504. The molecule has 154 valence electrons. The molecule has 9 heteroatoms. The molecule has 1 aliphatic heterocycles. The number of carbonyl (C=O) groups is 1. The van der Waals surface area contributed by atoms with E-state index < -0.39 is 0 Å². The summed E-state index contributed by atoms with van der Waals surface area (Å²) in [4.78, 5) is 27.4. The lowest BCUT2D eigenvalue weighted by molar-refractivity contribution is 0.102. The van der Waals surface area contributed by atoms with Crippen LogP contribution in [0.5, 0.6) is 0 Å². The zero-order chi connectivity index (χ0) is 20.7. The summed E-state index contributed by atoms with van der Waals surface area (Å²) in [5, 5.41) is 10.9. The fourth-order valence-corrected chi connectivity index (χ4v) is 5.49. The minimum absolute atomic E-state index is 0.172. The van der Waals surface area contributed by atoms with Crippen molar-refractivity contribution in [3.8, 4) is 10.6 Å². The summed E-state index contributed by atoms with van der Waals surface area (Å²) in [7, 11) is 0. The molecule has 1 N–H and O–H groups in total. The molecular weight excluding hydrogens is 416 g/mol. The van der Waals surface area contributed by atoms with E-state index >= 15 is 0 Å². The summed E-state index contributed by atoms with van der Waals surface area (Å²) in [5.41, 5.74) is 3.20. The summed E-state index contributed by atoms with van der Waals surface area (Å²) in [6.07, 6.45) is 2.66. The number of hydrogen-bond donors (Lipinski definition) is 1. The van der Waals surface area contributed by atoms with E-state index in [0.717, 1.165) is 53.4 Å². The Hall–Kier alpha value is -2.62. The Morgan fingerprint density at radius 3 is 2.93 bits per heavy atom. The number of hydrogen-bond acceptors (Lipinski definition) is 7. The van der Waals surface area contributed by atoms with Gasteiger partial charge in [0.05, 0.1) is 33.4 Å². The lowest BCUT2D eigenvalue weighted by Crippen LogP contribution is -2.29. The molecule has 0 aliphatic carbocycles. The Morgan fingerprint density at radius 1 is 1.27 bits per heavy atom. The largest absolute Gasteiger partial charge is 0.298 e. The van der Waals surface area contributed by atoms with Gasteiger partial charge in [0.1, 0.15) is 0 Å². The first-order valence-corrected chi connectivity index (χ1v) is 11.8. The first-order valence-electron chi connectivity index (χ1n) is 10.1. The van der Waals surface area contributed by atoms with Crippen molar-refractivity contribution in [1.82, 2.24) is 24.6 Å². The van der Waals surface area contributed by atoms with Gasteiger partial charge in [-0.2, -0.15) is 5.10 Å². The lowest BCUT2D eigenvalue weighted by Gasteiger charge is -2.23. The van der Waals surface area contributed by atoms with E-state index in [2.05, 4.69) is 27.2 Å². The van der Waals surface area contributed by atoms with Crippen molar-refractivity contribution in [3.63, 3.8) is 0 Å². The highest BCUT2D eigenvalue weighted by atomic mass is 32.1. The van der Waals surface area contributed by atoms with Crippen molar-refractivity contribution < 1.29 is 4.79 Å². The minimum atomic E-state index is -0.172. The molecule has 5 rings (SSSR count). The fraction of sp³-hybridized carbons (Fsp3) is 0.333. The van der Waals surface area contributed by atoms with Gasteiger partial charge in [-0.1, -0.05) is 13.0 Å². The summed E-state index contributed by atoms with van der Waals surface area (Å²) in [5.74, 6) is -0.172. The standard InChI is InChI=1S/C21H22N6OS2/c1-3-26-8-7-15-18(12-26)30-21(24-15)25-20(28)13-10-16(17-6-5-9-29-17)23-19-14(13)11-22-27(19)4-2/h5-6,9-11H,3-4,7-8,12H2,1-2H3,(H,24,25,28). The van der Waals surface area contributed by atoms with Gasteiger partial charge in [0, 0.05) is 30.9 Å². The van der Waals surface area contributed by atoms with E-state index in [1.165, 1.54) is 4.88 Å². The summed E-state index contributed by atoms with van der Waals surface area (Å²) < 4.78 is 1.82. The number of nitrogens with one attached hydrogen (secondary N) is 1. The number of thiophene rings is 1. The van der Waals surface area contributed by atoms with Gasteiger partial charge in [-0.3, -0.25) is 15.0 Å². The molecule has 4 aromatic rings. The predicted molar refractivity (Wildman–Crippen MR) is 121 cm³/mol. The zero-order valence-corrected chi connectivity index (χ0v) is 18.5. The smallest absolute Gasteiger partial charge is 0.258 e. The Morgan fingerprint density at radius 2 is 2.17 bits per heavy atom. The van der Waals surface area contributed by atoms with E-state index in [1.807, 2.05) is 35.2 Å². The van der Waals surface area contributed by atoms with Crippen molar-refractivity contribution in [3.05, 3.63) is 45.9 Å². The van der Waals surface area contributed by atoms with Crippen LogP contribution in [0.1, 0.15) is 34.8 Å². The first-order chi connectivity index (χ1) is 14.7. The number of nitrogens with zero attached hydrogens (tertiary/aromatic N) is 5. The average Bonchev–Trinajstić information content (AvgIpc) is 3.50. The Kier molecular flexibility index (Phi) is 5.10. The van der Waals surface area contributed by atoms with Gasteiger partial charge >= 0.3 is 0 Å². The van der Waals surface area contributed by atoms with E-state index in [0.29, 0.717) is 17.2 Å². The number of aryl methyl sites for hydroxylation is 1. The molecule has 0 unspecified atom stereocenters. The molecule has 0 fully saturated rings. The maximum absolute atomic E-state index is 13.3. The van der Waals surface area contributed by atoms with Crippen molar-refractivity contribution >= 4 is 44.7 Å². The molecule has 4 aromatic heterocycles. The third-order valence-electron chi connectivity index (χ3n) is 5.40. The Bertz CT molecular complexity index is 1210. The highest BCUT2D eigenvalue weighted by molar-refractivity contribution is 7.16. The third-order valence-corrected chi connectivity index (χ3v) is 7.30. The maximum atomic E-state index is 13.3. The molecule has 1 amide bonds. The first kappa shape index (κ1) is 19.3. The number of pyridine rings is 1. The molecule has 0 saturated heterocycles. The minimum Gasteiger partial charge on any atom is -0.298 e. The molecule has 0 atom stereocenters. The van der Waals surface area contributed by atoms with E-state index in [1.54, 1.807) is 28.9 Å². The van der Waals surface area contributed by atoms with E-state index in [-0.39, 0.29) is 5.91 Å². The van der Waals surface area contributed by atoms with Crippen LogP contribution in [0.15, 0.2) is 29.8 Å². The van der Waals surface area contributed by atoms with Crippen LogP contribution in [-0.2, 0) is 19.5 Å². The van der Waals surface area contributed by atoms with E-state index in [9.17, 15) is 4.79 Å². The predicted octanol–water partition coefficient (Wildman–Crippen LogP) is 4.27. The monoisotopic (exact) mass is 438 g/mol. The van der Waals surface area contributed by atoms with Crippen LogP contribution < -0.4 is 5.32 Å². The summed E-state index contributed by atoms with van der Waals surface area (Å²) >= 11 is 3.18. The normalized spacial score (nSPS) is 14.2. The molecule has 0 spiro atoms. The lowest BCUT2D eigenvalue weighted by atomic mass is 10.1. The van der Waals surface area contributed by atoms with Crippen LogP contribution in [-0.4, -0.2) is 43.6 Å². The van der Waals surface area contributed by atoms with Crippen LogP contribution in [0, 0.1) is 0 Å². The molecule has 7 nitrogen and oxygen atoms in total. The molecule has 0 radical (unpaired) electrons. The number of aromatic nitrogens is 4.